The van der Waals surface area contributed by atoms with E-state index in [-0.39, 0.29) is 22.1 Å². The van der Waals surface area contributed by atoms with Gasteiger partial charge >= 0.3 is 0 Å². The van der Waals surface area contributed by atoms with Crippen LogP contribution in [-0.4, -0.2) is 35.6 Å². The molecule has 1 heterocycles. The fourth-order valence-electron chi connectivity index (χ4n) is 4.03. The van der Waals surface area contributed by atoms with Gasteiger partial charge in [-0.3, -0.25) is 14.5 Å². The van der Waals surface area contributed by atoms with Gasteiger partial charge in [-0.15, -0.1) is 0 Å². The number of Topliss-reactive ketones (excluding diaryl/α,β-unsaturated/α-hetero) is 1. The van der Waals surface area contributed by atoms with Crippen molar-refractivity contribution in [3.05, 3.63) is 88.5 Å². The lowest BCUT2D eigenvalue weighted by molar-refractivity contribution is -0.132. The van der Waals surface area contributed by atoms with E-state index in [4.69, 9.17) is 21.1 Å². The van der Waals surface area contributed by atoms with Crippen LogP contribution in [0.25, 0.3) is 5.76 Å². The second-order valence-corrected chi connectivity index (χ2v) is 9.22. The third kappa shape index (κ3) is 4.88. The van der Waals surface area contributed by atoms with Crippen LogP contribution in [0.1, 0.15) is 31.0 Å². The van der Waals surface area contributed by atoms with Gasteiger partial charge in [0.1, 0.15) is 23.0 Å². The first-order chi connectivity index (χ1) is 17.2. The molecule has 0 bridgehead atoms. The Morgan fingerprint density at radius 2 is 1.78 bits per heavy atom. The first-order valence-corrected chi connectivity index (χ1v) is 11.8. The van der Waals surface area contributed by atoms with Gasteiger partial charge in [-0.25, -0.2) is 0 Å². The fraction of sp³-hybridized carbons (Fsp3) is 0.214. The van der Waals surface area contributed by atoms with E-state index in [0.29, 0.717) is 40.8 Å². The topological polar surface area (TPSA) is 96.3 Å². The molecule has 0 saturated carbocycles. The zero-order chi connectivity index (χ0) is 26.0. The molecule has 1 atom stereocenters. The molecule has 186 valence electrons. The van der Waals surface area contributed by atoms with Crippen molar-refractivity contribution in [2.24, 2.45) is 5.92 Å². The summed E-state index contributed by atoms with van der Waals surface area (Å²) in [6.45, 7) is 4.53. The normalized spacial score (nSPS) is 17.0. The second kappa shape index (κ2) is 10.3. The number of carbonyl (C=O) groups is 2. The van der Waals surface area contributed by atoms with Gasteiger partial charge < -0.3 is 19.7 Å². The van der Waals surface area contributed by atoms with Gasteiger partial charge in [0.2, 0.25) is 0 Å². The SMILES string of the molecule is COc1ccc(N2C(=O)C(=O)/C(=C(/O)c3cccc(OCC(C)C)c3)C2c2ccc(O)cc2)cc1Cl. The number of aliphatic hydroxyl groups excluding tert-OH is 1. The van der Waals surface area contributed by atoms with E-state index >= 15 is 0 Å². The number of ketones is 1. The number of phenols is 1. The molecule has 1 fully saturated rings. The molecule has 1 aliphatic heterocycles. The summed E-state index contributed by atoms with van der Waals surface area (Å²) in [7, 11) is 1.47. The number of carbonyl (C=O) groups excluding carboxylic acids is 2. The minimum absolute atomic E-state index is 0.0261. The lowest BCUT2D eigenvalue weighted by Gasteiger charge is -2.26. The summed E-state index contributed by atoms with van der Waals surface area (Å²) < 4.78 is 11.0. The Morgan fingerprint density at radius 3 is 2.42 bits per heavy atom. The first kappa shape index (κ1) is 25.1. The molecule has 1 unspecified atom stereocenters. The quantitative estimate of drug-likeness (QED) is 0.241. The van der Waals surface area contributed by atoms with Crippen molar-refractivity contribution in [1.82, 2.24) is 0 Å². The number of amides is 1. The molecule has 0 spiro atoms. The highest BCUT2D eigenvalue weighted by Crippen LogP contribution is 2.44. The summed E-state index contributed by atoms with van der Waals surface area (Å²) >= 11 is 6.31. The Bertz CT molecular complexity index is 1330. The smallest absolute Gasteiger partial charge is 0.300 e. The van der Waals surface area contributed by atoms with Crippen molar-refractivity contribution in [3.63, 3.8) is 0 Å². The summed E-state index contributed by atoms with van der Waals surface area (Å²) in [6.07, 6.45) is 0. The van der Waals surface area contributed by atoms with Gasteiger partial charge in [-0.2, -0.15) is 0 Å². The van der Waals surface area contributed by atoms with Gasteiger partial charge in [0, 0.05) is 11.3 Å². The molecule has 4 rings (SSSR count). The Labute approximate surface area is 214 Å². The number of rotatable bonds is 7. The maximum Gasteiger partial charge on any atom is 0.300 e. The number of halogens is 1. The van der Waals surface area contributed by atoms with E-state index in [2.05, 4.69) is 0 Å². The van der Waals surface area contributed by atoms with Crippen molar-refractivity contribution >= 4 is 34.7 Å². The number of aliphatic hydroxyl groups is 1. The molecule has 1 amide bonds. The van der Waals surface area contributed by atoms with E-state index in [9.17, 15) is 19.8 Å². The molecular formula is C28H26ClNO6. The number of phenolic OH excluding ortho intramolecular Hbond substituents is 1. The van der Waals surface area contributed by atoms with Crippen molar-refractivity contribution in [2.75, 3.05) is 18.6 Å². The highest BCUT2D eigenvalue weighted by atomic mass is 35.5. The van der Waals surface area contributed by atoms with Crippen LogP contribution >= 0.6 is 11.6 Å². The lowest BCUT2D eigenvalue weighted by atomic mass is 9.95. The van der Waals surface area contributed by atoms with Gasteiger partial charge in [-0.1, -0.05) is 49.7 Å². The van der Waals surface area contributed by atoms with E-state index < -0.39 is 17.7 Å². The first-order valence-electron chi connectivity index (χ1n) is 11.4. The van der Waals surface area contributed by atoms with Crippen LogP contribution in [0.3, 0.4) is 0 Å². The maximum absolute atomic E-state index is 13.3. The third-order valence-electron chi connectivity index (χ3n) is 5.76. The van der Waals surface area contributed by atoms with E-state index in [1.54, 1.807) is 48.5 Å². The zero-order valence-corrected chi connectivity index (χ0v) is 20.8. The minimum atomic E-state index is -0.963. The maximum atomic E-state index is 13.3. The van der Waals surface area contributed by atoms with Gasteiger partial charge in [0.15, 0.2) is 0 Å². The molecule has 2 N–H and O–H groups in total. The zero-order valence-electron chi connectivity index (χ0n) is 20.1. The number of anilines is 1. The van der Waals surface area contributed by atoms with Crippen LogP contribution < -0.4 is 14.4 Å². The Kier molecular flexibility index (Phi) is 7.22. The largest absolute Gasteiger partial charge is 0.508 e. The van der Waals surface area contributed by atoms with E-state index in [1.165, 1.54) is 30.2 Å². The van der Waals surface area contributed by atoms with Crippen LogP contribution in [0, 0.1) is 5.92 Å². The van der Waals surface area contributed by atoms with Crippen LogP contribution in [0.5, 0.6) is 17.2 Å². The molecule has 3 aromatic rings. The predicted octanol–water partition coefficient (Wildman–Crippen LogP) is 5.72. The van der Waals surface area contributed by atoms with Crippen molar-refractivity contribution in [2.45, 2.75) is 19.9 Å². The second-order valence-electron chi connectivity index (χ2n) is 8.81. The third-order valence-corrected chi connectivity index (χ3v) is 6.05. The summed E-state index contributed by atoms with van der Waals surface area (Å²) in [5.74, 6) is -0.712. The fourth-order valence-corrected chi connectivity index (χ4v) is 4.28. The summed E-state index contributed by atoms with van der Waals surface area (Å²) in [5.41, 5.74) is 1.13. The molecule has 8 heteroatoms. The minimum Gasteiger partial charge on any atom is -0.508 e. The standard InChI is InChI=1S/C28H26ClNO6/c1-16(2)15-36-21-6-4-5-18(13-21)26(32)24-25(17-7-10-20(31)11-8-17)30(28(34)27(24)33)19-9-12-23(35-3)22(29)14-19/h4-14,16,25,31-32H,15H2,1-3H3/b26-24+. The van der Waals surface area contributed by atoms with Gasteiger partial charge in [0.25, 0.3) is 11.7 Å². The van der Waals surface area contributed by atoms with Crippen molar-refractivity contribution < 1.29 is 29.3 Å². The Hall–Kier alpha value is -3.97. The summed E-state index contributed by atoms with van der Waals surface area (Å²) in [4.78, 5) is 27.9. The molecule has 3 aromatic carbocycles. The predicted molar refractivity (Wildman–Crippen MR) is 138 cm³/mol. The number of ether oxygens (including phenoxy) is 2. The number of hydrogen-bond acceptors (Lipinski definition) is 6. The molecule has 36 heavy (non-hydrogen) atoms. The van der Waals surface area contributed by atoms with Crippen LogP contribution in [0.2, 0.25) is 5.02 Å². The van der Waals surface area contributed by atoms with Gasteiger partial charge in [-0.05, 0) is 53.9 Å². The molecule has 7 nitrogen and oxygen atoms in total. The number of methoxy groups -OCH3 is 1. The summed E-state index contributed by atoms with van der Waals surface area (Å²) in [5, 5.41) is 21.4. The highest BCUT2D eigenvalue weighted by Gasteiger charge is 2.47. The molecule has 1 aliphatic rings. The number of aromatic hydroxyl groups is 1. The Balaban J connectivity index is 1.87. The van der Waals surface area contributed by atoms with E-state index in [1.807, 2.05) is 13.8 Å². The lowest BCUT2D eigenvalue weighted by Crippen LogP contribution is -2.29. The summed E-state index contributed by atoms with van der Waals surface area (Å²) in [6, 6.07) is 16.6. The molecule has 1 saturated heterocycles. The van der Waals surface area contributed by atoms with E-state index in [0.717, 1.165) is 0 Å². The van der Waals surface area contributed by atoms with Gasteiger partial charge in [0.05, 0.1) is 30.4 Å². The average molecular weight is 508 g/mol. The number of nitrogens with zero attached hydrogens (tertiary/aromatic N) is 1. The van der Waals surface area contributed by atoms with Crippen LogP contribution in [0.15, 0.2) is 72.3 Å². The van der Waals surface area contributed by atoms with Crippen molar-refractivity contribution in [1.29, 1.82) is 0 Å². The molecular weight excluding hydrogens is 482 g/mol. The van der Waals surface area contributed by atoms with Crippen LogP contribution in [-0.2, 0) is 9.59 Å². The highest BCUT2D eigenvalue weighted by molar-refractivity contribution is 6.51. The van der Waals surface area contributed by atoms with Crippen molar-refractivity contribution in [3.8, 4) is 17.2 Å². The average Bonchev–Trinajstić information content (AvgIpc) is 3.13. The molecule has 0 aromatic heterocycles. The number of hydrogen-bond donors (Lipinski definition) is 2. The van der Waals surface area contributed by atoms with Crippen LogP contribution in [0.4, 0.5) is 5.69 Å². The Morgan fingerprint density at radius 1 is 1.06 bits per heavy atom. The molecule has 0 radical (unpaired) electrons. The molecule has 0 aliphatic carbocycles. The monoisotopic (exact) mass is 507 g/mol. The number of benzene rings is 3.